The molecule has 0 amide bonds. The van der Waals surface area contributed by atoms with E-state index >= 15 is 0 Å². The lowest BCUT2D eigenvalue weighted by atomic mass is 9.44. The van der Waals surface area contributed by atoms with Gasteiger partial charge in [-0.3, -0.25) is 4.79 Å². The van der Waals surface area contributed by atoms with E-state index < -0.39 is 29.8 Å². The molecule has 0 aromatic carbocycles. The maximum absolute atomic E-state index is 11.9. The Hall–Kier alpha value is -0.750. The van der Waals surface area contributed by atoms with Crippen molar-refractivity contribution in [2.24, 2.45) is 34.5 Å². The molecule has 4 aliphatic carbocycles. The standard InChI is InChI=1S/C21H32O5/c1-19-7-5-13(23)9-12(19)3-4-14-15-6-8-21(26,17(25)11-22)20(15,2)10-16(24)18(14)19/h5,7,12,14-18,22,24-26H,3-4,6,8-11H2,1-2H3/t12-,14+,15+,16+,17+,18-,19+,20+,21+/m1/s1. The summed E-state index contributed by atoms with van der Waals surface area (Å²) in [4.78, 5) is 11.9. The highest BCUT2D eigenvalue weighted by Crippen LogP contribution is 2.67. The average Bonchev–Trinajstić information content (AvgIpc) is 2.86. The number of allylic oxidation sites excluding steroid dienone is 2. The summed E-state index contributed by atoms with van der Waals surface area (Å²) in [7, 11) is 0. The summed E-state index contributed by atoms with van der Waals surface area (Å²) in [6.45, 7) is 3.71. The first-order valence-corrected chi connectivity index (χ1v) is 10.1. The Morgan fingerprint density at radius 1 is 1.27 bits per heavy atom. The van der Waals surface area contributed by atoms with Crippen LogP contribution in [0.25, 0.3) is 0 Å². The molecule has 9 atom stereocenters. The van der Waals surface area contributed by atoms with Crippen LogP contribution in [0, 0.1) is 34.5 Å². The van der Waals surface area contributed by atoms with Gasteiger partial charge in [-0.15, -0.1) is 0 Å². The van der Waals surface area contributed by atoms with Crippen LogP contribution in [0.15, 0.2) is 12.2 Å². The third-order valence-corrected chi connectivity index (χ3v) is 8.92. The van der Waals surface area contributed by atoms with Crippen molar-refractivity contribution in [3.63, 3.8) is 0 Å². The van der Waals surface area contributed by atoms with Crippen LogP contribution in [0.1, 0.15) is 52.4 Å². The molecule has 4 N–H and O–H groups in total. The highest BCUT2D eigenvalue weighted by Gasteiger charge is 2.68. The number of carbonyl (C=O) groups excluding carboxylic acids is 1. The van der Waals surface area contributed by atoms with Crippen molar-refractivity contribution in [1.29, 1.82) is 0 Å². The van der Waals surface area contributed by atoms with Crippen LogP contribution in [0.2, 0.25) is 0 Å². The Morgan fingerprint density at radius 3 is 2.69 bits per heavy atom. The molecule has 0 radical (unpaired) electrons. The zero-order chi connectivity index (χ0) is 18.9. The predicted octanol–water partition coefficient (Wildman–Crippen LogP) is 1.43. The number of aliphatic hydroxyl groups is 4. The Balaban J connectivity index is 1.72. The van der Waals surface area contributed by atoms with Gasteiger partial charge in [-0.2, -0.15) is 0 Å². The van der Waals surface area contributed by atoms with Crippen LogP contribution in [0.3, 0.4) is 0 Å². The van der Waals surface area contributed by atoms with E-state index in [-0.39, 0.29) is 34.9 Å². The summed E-state index contributed by atoms with van der Waals surface area (Å²) < 4.78 is 0. The van der Waals surface area contributed by atoms with Crippen molar-refractivity contribution in [2.75, 3.05) is 6.61 Å². The summed E-state index contributed by atoms with van der Waals surface area (Å²) in [6.07, 6.45) is 6.15. The van der Waals surface area contributed by atoms with E-state index in [9.17, 15) is 25.2 Å². The molecule has 0 spiro atoms. The van der Waals surface area contributed by atoms with E-state index in [4.69, 9.17) is 0 Å². The second-order valence-electron chi connectivity index (χ2n) is 9.79. The minimum absolute atomic E-state index is 0.0808. The molecule has 0 aromatic heterocycles. The van der Waals surface area contributed by atoms with Gasteiger partial charge in [-0.05, 0) is 67.3 Å². The summed E-state index contributed by atoms with van der Waals surface area (Å²) >= 11 is 0. The summed E-state index contributed by atoms with van der Waals surface area (Å²) in [5, 5.41) is 42.3. The van der Waals surface area contributed by atoms with Crippen molar-refractivity contribution in [1.82, 2.24) is 0 Å². The predicted molar refractivity (Wildman–Crippen MR) is 96.1 cm³/mol. The lowest BCUT2D eigenvalue weighted by Crippen LogP contribution is -2.63. The minimum Gasteiger partial charge on any atom is -0.394 e. The van der Waals surface area contributed by atoms with E-state index in [1.165, 1.54) is 0 Å². The van der Waals surface area contributed by atoms with Gasteiger partial charge in [-0.1, -0.05) is 19.9 Å². The Labute approximate surface area is 155 Å². The van der Waals surface area contributed by atoms with Gasteiger partial charge in [-0.25, -0.2) is 0 Å². The molecule has 4 aliphatic rings. The maximum Gasteiger partial charge on any atom is 0.155 e. The van der Waals surface area contributed by atoms with Crippen LogP contribution in [-0.2, 0) is 4.79 Å². The fourth-order valence-electron chi connectivity index (χ4n) is 7.50. The molecule has 4 rings (SSSR count). The first-order valence-electron chi connectivity index (χ1n) is 10.1. The molecule has 0 bridgehead atoms. The van der Waals surface area contributed by atoms with Gasteiger partial charge in [0.1, 0.15) is 6.10 Å². The monoisotopic (exact) mass is 364 g/mol. The SMILES string of the molecule is C[C@]12C=CC(=O)C[C@H]1CC[C@@H]1[C@@H]2[C@@H](O)C[C@@]2(C)[C@H]1CC[C@]2(O)[C@@H](O)CO. The van der Waals surface area contributed by atoms with Crippen molar-refractivity contribution in [2.45, 2.75) is 70.2 Å². The normalized spacial score (nSPS) is 54.4. The molecular formula is C21H32O5. The van der Waals surface area contributed by atoms with Gasteiger partial charge in [0.2, 0.25) is 0 Å². The number of fused-ring (bicyclic) bond motifs is 5. The molecule has 146 valence electrons. The lowest BCUT2D eigenvalue weighted by Gasteiger charge is -2.61. The summed E-state index contributed by atoms with van der Waals surface area (Å²) in [5.74, 6) is 1.02. The van der Waals surface area contributed by atoms with E-state index in [2.05, 4.69) is 6.92 Å². The molecule has 0 unspecified atom stereocenters. The van der Waals surface area contributed by atoms with E-state index in [0.29, 0.717) is 19.3 Å². The van der Waals surface area contributed by atoms with E-state index in [0.717, 1.165) is 19.3 Å². The highest BCUT2D eigenvalue weighted by molar-refractivity contribution is 5.91. The van der Waals surface area contributed by atoms with Crippen molar-refractivity contribution in [3.8, 4) is 0 Å². The first-order chi connectivity index (χ1) is 12.2. The minimum atomic E-state index is -1.35. The Kier molecular flexibility index (Phi) is 4.20. The van der Waals surface area contributed by atoms with E-state index in [1.807, 2.05) is 13.0 Å². The molecule has 3 fully saturated rings. The number of hydrogen-bond acceptors (Lipinski definition) is 5. The number of ketones is 1. The first kappa shape index (κ1) is 18.6. The van der Waals surface area contributed by atoms with Gasteiger partial charge in [0.05, 0.1) is 18.3 Å². The van der Waals surface area contributed by atoms with E-state index in [1.54, 1.807) is 6.08 Å². The Morgan fingerprint density at radius 2 is 2.00 bits per heavy atom. The van der Waals surface area contributed by atoms with Gasteiger partial charge in [0.25, 0.3) is 0 Å². The second-order valence-corrected chi connectivity index (χ2v) is 9.79. The lowest BCUT2D eigenvalue weighted by molar-refractivity contribution is -0.213. The van der Waals surface area contributed by atoms with Gasteiger partial charge in [0, 0.05) is 11.8 Å². The molecule has 0 heterocycles. The number of carbonyl (C=O) groups is 1. The molecule has 5 heteroatoms. The van der Waals surface area contributed by atoms with Crippen molar-refractivity contribution in [3.05, 3.63) is 12.2 Å². The highest BCUT2D eigenvalue weighted by atomic mass is 16.4. The third-order valence-electron chi connectivity index (χ3n) is 8.92. The summed E-state index contributed by atoms with van der Waals surface area (Å²) in [5.41, 5.74) is -2.14. The largest absolute Gasteiger partial charge is 0.394 e. The number of aliphatic hydroxyl groups excluding tert-OH is 3. The zero-order valence-corrected chi connectivity index (χ0v) is 15.8. The van der Waals surface area contributed by atoms with Gasteiger partial charge in [0.15, 0.2) is 5.78 Å². The molecular weight excluding hydrogens is 332 g/mol. The number of hydrogen-bond donors (Lipinski definition) is 4. The molecule has 0 saturated heterocycles. The van der Waals surface area contributed by atoms with Gasteiger partial charge >= 0.3 is 0 Å². The van der Waals surface area contributed by atoms with Crippen LogP contribution < -0.4 is 0 Å². The maximum atomic E-state index is 11.9. The molecule has 5 nitrogen and oxygen atoms in total. The van der Waals surface area contributed by atoms with Crippen LogP contribution in [0.5, 0.6) is 0 Å². The van der Waals surface area contributed by atoms with Gasteiger partial charge < -0.3 is 20.4 Å². The summed E-state index contributed by atoms with van der Waals surface area (Å²) in [6, 6.07) is 0. The topological polar surface area (TPSA) is 98.0 Å². The fourth-order valence-corrected chi connectivity index (χ4v) is 7.50. The van der Waals surface area contributed by atoms with Crippen LogP contribution in [0.4, 0.5) is 0 Å². The zero-order valence-electron chi connectivity index (χ0n) is 15.8. The van der Waals surface area contributed by atoms with Crippen molar-refractivity contribution < 1.29 is 25.2 Å². The molecule has 26 heavy (non-hydrogen) atoms. The smallest absolute Gasteiger partial charge is 0.155 e. The molecule has 3 saturated carbocycles. The molecule has 0 aromatic rings. The second kappa shape index (κ2) is 5.87. The average molecular weight is 364 g/mol. The Bertz CT molecular complexity index is 632. The number of rotatable bonds is 2. The van der Waals surface area contributed by atoms with Crippen LogP contribution >= 0.6 is 0 Å². The fraction of sp³-hybridized carbons (Fsp3) is 0.857. The van der Waals surface area contributed by atoms with Crippen molar-refractivity contribution >= 4 is 5.78 Å². The molecule has 0 aliphatic heterocycles. The quantitative estimate of drug-likeness (QED) is 0.594. The third kappa shape index (κ3) is 2.20. The van der Waals surface area contributed by atoms with Crippen LogP contribution in [-0.4, -0.2) is 50.6 Å².